The topological polar surface area (TPSA) is 92.3 Å². The van der Waals surface area contributed by atoms with Crippen LogP contribution in [0.1, 0.15) is 24.4 Å². The molecule has 29 heavy (non-hydrogen) atoms. The first-order valence-electron chi connectivity index (χ1n) is 9.42. The zero-order valence-electron chi connectivity index (χ0n) is 16.1. The number of H-pyrrole nitrogens is 1. The fourth-order valence-electron chi connectivity index (χ4n) is 3.67. The average molecular weight is 381 g/mol. The third-order valence-corrected chi connectivity index (χ3v) is 5.05. The van der Waals surface area contributed by atoms with E-state index in [4.69, 9.17) is 4.98 Å². The number of hydrogen-bond donors (Lipinski definition) is 2. The molecule has 142 valence electrons. The van der Waals surface area contributed by atoms with Gasteiger partial charge in [-0.3, -0.25) is 9.97 Å². The van der Waals surface area contributed by atoms with Crippen LogP contribution in [0.3, 0.4) is 0 Å². The summed E-state index contributed by atoms with van der Waals surface area (Å²) in [5.41, 5.74) is 5.59. The van der Waals surface area contributed by atoms with E-state index in [9.17, 15) is 0 Å². The summed E-state index contributed by atoms with van der Waals surface area (Å²) in [6, 6.07) is 12.4. The number of benzene rings is 1. The number of pyridine rings is 2. The molecule has 0 aliphatic rings. The van der Waals surface area contributed by atoms with Crippen LogP contribution in [0.25, 0.3) is 33.1 Å². The summed E-state index contributed by atoms with van der Waals surface area (Å²) < 4.78 is 0. The van der Waals surface area contributed by atoms with Crippen LogP contribution in [0.2, 0.25) is 0 Å². The van der Waals surface area contributed by atoms with E-state index >= 15 is 0 Å². The summed E-state index contributed by atoms with van der Waals surface area (Å²) in [6.45, 7) is 4.12. The Morgan fingerprint density at radius 3 is 2.86 bits per heavy atom. The Labute approximate surface area is 167 Å². The second-order valence-corrected chi connectivity index (χ2v) is 6.97. The maximum atomic E-state index is 4.90. The van der Waals surface area contributed by atoms with E-state index < -0.39 is 0 Å². The zero-order valence-corrected chi connectivity index (χ0v) is 16.1. The van der Waals surface area contributed by atoms with Crippen molar-refractivity contribution in [1.29, 1.82) is 0 Å². The molecule has 4 heterocycles. The van der Waals surface area contributed by atoms with Crippen molar-refractivity contribution in [2.24, 2.45) is 0 Å². The summed E-state index contributed by atoms with van der Waals surface area (Å²) in [5, 5.41) is 5.73. The van der Waals surface area contributed by atoms with Gasteiger partial charge in [0.1, 0.15) is 11.8 Å². The van der Waals surface area contributed by atoms with Crippen LogP contribution in [-0.2, 0) is 0 Å². The maximum absolute atomic E-state index is 4.90. The molecule has 4 aromatic heterocycles. The summed E-state index contributed by atoms with van der Waals surface area (Å²) in [6.07, 6.45) is 6.80. The molecule has 0 spiro atoms. The van der Waals surface area contributed by atoms with E-state index in [1.807, 2.05) is 12.3 Å². The molecule has 0 aliphatic heterocycles. The highest BCUT2D eigenvalue weighted by Crippen LogP contribution is 2.32. The van der Waals surface area contributed by atoms with Crippen molar-refractivity contribution in [2.75, 3.05) is 5.32 Å². The van der Waals surface area contributed by atoms with Crippen LogP contribution >= 0.6 is 0 Å². The van der Waals surface area contributed by atoms with Gasteiger partial charge in [0.2, 0.25) is 0 Å². The number of aromatic nitrogens is 6. The number of aryl methyl sites for hydroxylation is 1. The van der Waals surface area contributed by atoms with E-state index in [1.54, 1.807) is 12.5 Å². The standard InChI is InChI=1S/C22H19N7/c1-13(29-22-20-21(25-11-24-20)26-12-27-22)18-9-15-5-3-7-17(19(15)14(2)28-18)16-6-4-8-23-10-16/h3-13H,1-2H3,(H2,24,25,26,27,29). The minimum Gasteiger partial charge on any atom is -0.360 e. The maximum Gasteiger partial charge on any atom is 0.182 e. The molecule has 0 bridgehead atoms. The first kappa shape index (κ1) is 17.2. The molecule has 0 aliphatic carbocycles. The minimum absolute atomic E-state index is 0.0402. The lowest BCUT2D eigenvalue weighted by Crippen LogP contribution is -2.11. The zero-order chi connectivity index (χ0) is 19.8. The highest BCUT2D eigenvalue weighted by molar-refractivity contribution is 5.98. The second kappa shape index (κ2) is 6.94. The fraction of sp³-hybridized carbons (Fsp3) is 0.136. The largest absolute Gasteiger partial charge is 0.360 e. The summed E-state index contributed by atoms with van der Waals surface area (Å²) in [4.78, 5) is 24.9. The van der Waals surface area contributed by atoms with E-state index in [0.29, 0.717) is 11.5 Å². The first-order valence-corrected chi connectivity index (χ1v) is 9.42. The smallest absolute Gasteiger partial charge is 0.182 e. The van der Waals surface area contributed by atoms with Crippen molar-refractivity contribution in [1.82, 2.24) is 29.9 Å². The Morgan fingerprint density at radius 1 is 1.07 bits per heavy atom. The minimum atomic E-state index is -0.0402. The van der Waals surface area contributed by atoms with Crippen molar-refractivity contribution in [2.45, 2.75) is 19.9 Å². The van der Waals surface area contributed by atoms with Gasteiger partial charge in [0.15, 0.2) is 11.5 Å². The van der Waals surface area contributed by atoms with Gasteiger partial charge in [-0.25, -0.2) is 15.0 Å². The predicted octanol–water partition coefficient (Wildman–Crippen LogP) is 4.44. The SMILES string of the molecule is Cc1nc(C(C)Nc2ncnc3nc[nH]c23)cc2cccc(-c3cccnc3)c12. The molecular formula is C22H19N7. The van der Waals surface area contributed by atoms with E-state index in [-0.39, 0.29) is 6.04 Å². The van der Waals surface area contributed by atoms with Gasteiger partial charge in [-0.1, -0.05) is 24.3 Å². The average Bonchev–Trinajstić information content (AvgIpc) is 3.24. The second-order valence-electron chi connectivity index (χ2n) is 6.97. The van der Waals surface area contributed by atoms with Gasteiger partial charge in [0.05, 0.1) is 18.1 Å². The molecule has 1 unspecified atom stereocenters. The highest BCUT2D eigenvalue weighted by Gasteiger charge is 2.15. The van der Waals surface area contributed by atoms with Crippen LogP contribution in [0.15, 0.2) is 61.4 Å². The molecule has 0 fully saturated rings. The first-order chi connectivity index (χ1) is 14.2. The van der Waals surface area contributed by atoms with Crippen molar-refractivity contribution < 1.29 is 0 Å². The van der Waals surface area contributed by atoms with Gasteiger partial charge < -0.3 is 10.3 Å². The molecular weight excluding hydrogens is 362 g/mol. The Balaban J connectivity index is 1.55. The Kier molecular flexibility index (Phi) is 4.13. The summed E-state index contributed by atoms with van der Waals surface area (Å²) in [7, 11) is 0. The van der Waals surface area contributed by atoms with E-state index in [2.05, 4.69) is 74.4 Å². The number of imidazole rings is 1. The van der Waals surface area contributed by atoms with Crippen molar-refractivity contribution >= 4 is 27.8 Å². The van der Waals surface area contributed by atoms with Crippen LogP contribution in [-0.4, -0.2) is 29.9 Å². The van der Waals surface area contributed by atoms with Crippen molar-refractivity contribution in [3.63, 3.8) is 0 Å². The van der Waals surface area contributed by atoms with Gasteiger partial charge >= 0.3 is 0 Å². The number of hydrogen-bond acceptors (Lipinski definition) is 6. The molecule has 7 heteroatoms. The van der Waals surface area contributed by atoms with Crippen LogP contribution in [0.5, 0.6) is 0 Å². The molecule has 7 nitrogen and oxygen atoms in total. The van der Waals surface area contributed by atoms with Gasteiger partial charge in [0, 0.05) is 29.0 Å². The van der Waals surface area contributed by atoms with Gasteiger partial charge in [-0.15, -0.1) is 0 Å². The molecule has 5 aromatic rings. The molecule has 0 saturated heterocycles. The van der Waals surface area contributed by atoms with Crippen molar-refractivity contribution in [3.05, 3.63) is 72.8 Å². The van der Waals surface area contributed by atoms with Crippen molar-refractivity contribution in [3.8, 4) is 11.1 Å². The lowest BCUT2D eigenvalue weighted by Gasteiger charge is -2.17. The lowest BCUT2D eigenvalue weighted by molar-refractivity contribution is 0.829. The molecule has 1 atom stereocenters. The predicted molar refractivity (Wildman–Crippen MR) is 113 cm³/mol. The Hall–Kier alpha value is -3.87. The number of rotatable bonds is 4. The number of fused-ring (bicyclic) bond motifs is 2. The van der Waals surface area contributed by atoms with Crippen LogP contribution < -0.4 is 5.32 Å². The molecule has 5 rings (SSSR count). The summed E-state index contributed by atoms with van der Waals surface area (Å²) in [5.74, 6) is 0.712. The normalized spacial score (nSPS) is 12.3. The van der Waals surface area contributed by atoms with Crippen LogP contribution in [0, 0.1) is 6.92 Å². The Bertz CT molecular complexity index is 1310. The molecule has 1 aromatic carbocycles. The fourth-order valence-corrected chi connectivity index (χ4v) is 3.67. The number of anilines is 1. The number of nitrogens with one attached hydrogen (secondary N) is 2. The third kappa shape index (κ3) is 3.06. The molecule has 0 saturated carbocycles. The van der Waals surface area contributed by atoms with Gasteiger partial charge in [0.25, 0.3) is 0 Å². The van der Waals surface area contributed by atoms with Gasteiger partial charge in [-0.05, 0) is 36.9 Å². The summed E-state index contributed by atoms with van der Waals surface area (Å²) >= 11 is 0. The molecule has 2 N–H and O–H groups in total. The van der Waals surface area contributed by atoms with Crippen LogP contribution in [0.4, 0.5) is 5.82 Å². The van der Waals surface area contributed by atoms with E-state index in [1.165, 1.54) is 6.33 Å². The monoisotopic (exact) mass is 381 g/mol. The number of nitrogens with zero attached hydrogens (tertiary/aromatic N) is 5. The number of aromatic amines is 1. The lowest BCUT2D eigenvalue weighted by atomic mass is 9.97. The Morgan fingerprint density at radius 2 is 2.00 bits per heavy atom. The molecule has 0 radical (unpaired) electrons. The molecule has 0 amide bonds. The van der Waals surface area contributed by atoms with Gasteiger partial charge in [-0.2, -0.15) is 0 Å². The van der Waals surface area contributed by atoms with E-state index in [0.717, 1.165) is 38.8 Å². The quantitative estimate of drug-likeness (QED) is 0.478. The third-order valence-electron chi connectivity index (χ3n) is 5.05. The highest BCUT2D eigenvalue weighted by atomic mass is 15.1.